The quantitative estimate of drug-likeness (QED) is 0.755. The average Bonchev–Trinajstić information content (AvgIpc) is 3.06. The minimum atomic E-state index is 0.402. The summed E-state index contributed by atoms with van der Waals surface area (Å²) in [5.74, 6) is 0. The van der Waals surface area contributed by atoms with Gasteiger partial charge in [-0.1, -0.05) is 24.3 Å². The van der Waals surface area contributed by atoms with Crippen LogP contribution < -0.4 is 5.32 Å². The lowest BCUT2D eigenvalue weighted by Gasteiger charge is -2.11. The average molecular weight is 270 g/mol. The molecule has 0 fully saturated rings. The van der Waals surface area contributed by atoms with Crippen LogP contribution in [0, 0.1) is 0 Å². The summed E-state index contributed by atoms with van der Waals surface area (Å²) in [5, 5.41) is 7.08. The maximum atomic E-state index is 3.60. The molecule has 0 spiro atoms. The van der Waals surface area contributed by atoms with Crippen molar-refractivity contribution in [1.29, 1.82) is 0 Å². The van der Waals surface area contributed by atoms with Gasteiger partial charge in [-0.25, -0.2) is 0 Å². The summed E-state index contributed by atoms with van der Waals surface area (Å²) in [7, 11) is 2.11. The van der Waals surface area contributed by atoms with Crippen molar-refractivity contribution in [1.82, 2.24) is 9.88 Å². The van der Waals surface area contributed by atoms with Crippen LogP contribution in [0.15, 0.2) is 48.0 Å². The lowest BCUT2D eigenvalue weighted by Crippen LogP contribution is -2.16. The molecule has 0 unspecified atom stereocenters. The number of aryl methyl sites for hydroxylation is 1. The Labute approximate surface area is 117 Å². The van der Waals surface area contributed by atoms with Crippen molar-refractivity contribution in [2.75, 3.05) is 0 Å². The van der Waals surface area contributed by atoms with Crippen LogP contribution in [-0.4, -0.2) is 4.57 Å². The van der Waals surface area contributed by atoms with Gasteiger partial charge in [0.2, 0.25) is 0 Å². The lowest BCUT2D eigenvalue weighted by molar-refractivity contribution is 0.584. The van der Waals surface area contributed by atoms with Crippen molar-refractivity contribution in [3.8, 4) is 0 Å². The van der Waals surface area contributed by atoms with Gasteiger partial charge < -0.3 is 9.88 Å². The fraction of sp³-hybridized carbons (Fsp3) is 0.250. The Morgan fingerprint density at radius 3 is 2.84 bits per heavy atom. The Morgan fingerprint density at radius 1 is 1.21 bits per heavy atom. The fourth-order valence-corrected chi connectivity index (χ4v) is 3.23. The molecule has 3 heteroatoms. The molecule has 0 aliphatic heterocycles. The second kappa shape index (κ2) is 5.19. The van der Waals surface area contributed by atoms with Crippen LogP contribution in [0.25, 0.3) is 10.9 Å². The molecule has 3 aromatic rings. The zero-order valence-corrected chi connectivity index (χ0v) is 12.1. The minimum Gasteiger partial charge on any atom is -0.350 e. The molecule has 0 amide bonds. The van der Waals surface area contributed by atoms with Crippen molar-refractivity contribution < 1.29 is 0 Å². The third-order valence-electron chi connectivity index (χ3n) is 3.55. The minimum absolute atomic E-state index is 0.402. The Hall–Kier alpha value is -1.58. The smallest absolute Gasteiger partial charge is 0.0481 e. The number of thiophene rings is 1. The number of hydrogen-bond donors (Lipinski definition) is 1. The lowest BCUT2D eigenvalue weighted by atomic mass is 10.1. The Balaban J connectivity index is 1.79. The highest BCUT2D eigenvalue weighted by Gasteiger charge is 2.09. The van der Waals surface area contributed by atoms with Crippen molar-refractivity contribution in [2.24, 2.45) is 7.05 Å². The van der Waals surface area contributed by atoms with Gasteiger partial charge in [0.25, 0.3) is 0 Å². The number of aromatic nitrogens is 1. The third-order valence-corrected chi connectivity index (χ3v) is 4.60. The highest BCUT2D eigenvalue weighted by Crippen LogP contribution is 2.22. The molecule has 98 valence electrons. The van der Waals surface area contributed by atoms with Gasteiger partial charge in [0.15, 0.2) is 0 Å². The number of fused-ring (bicyclic) bond motifs is 1. The molecule has 2 nitrogen and oxygen atoms in total. The molecule has 0 aliphatic carbocycles. The number of para-hydroxylation sites is 1. The molecule has 0 aliphatic rings. The predicted molar refractivity (Wildman–Crippen MR) is 82.5 cm³/mol. The van der Waals surface area contributed by atoms with Gasteiger partial charge in [0.05, 0.1) is 0 Å². The van der Waals surface area contributed by atoms with Gasteiger partial charge >= 0.3 is 0 Å². The molecule has 2 aromatic heterocycles. The number of hydrogen-bond acceptors (Lipinski definition) is 2. The summed E-state index contributed by atoms with van der Waals surface area (Å²) in [5.41, 5.74) is 2.66. The van der Waals surface area contributed by atoms with Crippen LogP contribution in [0.2, 0.25) is 0 Å². The first-order valence-corrected chi connectivity index (χ1v) is 7.43. The molecule has 2 heterocycles. The first kappa shape index (κ1) is 12.5. The summed E-state index contributed by atoms with van der Waals surface area (Å²) in [6.07, 6.45) is 2.22. The summed E-state index contributed by atoms with van der Waals surface area (Å²) in [4.78, 5) is 1.39. The Morgan fingerprint density at radius 2 is 2.05 bits per heavy atom. The predicted octanol–water partition coefficient (Wildman–Crippen LogP) is 4.09. The molecule has 19 heavy (non-hydrogen) atoms. The van der Waals surface area contributed by atoms with Crippen molar-refractivity contribution in [3.63, 3.8) is 0 Å². The van der Waals surface area contributed by atoms with E-state index in [9.17, 15) is 0 Å². The first-order chi connectivity index (χ1) is 9.25. The van der Waals surface area contributed by atoms with Gasteiger partial charge in [-0.15, -0.1) is 11.3 Å². The molecule has 0 saturated carbocycles. The molecule has 0 bridgehead atoms. The number of nitrogens with one attached hydrogen (secondary N) is 1. The van der Waals surface area contributed by atoms with E-state index in [0.717, 1.165) is 6.54 Å². The third kappa shape index (κ3) is 2.44. The van der Waals surface area contributed by atoms with Crippen LogP contribution in [0.1, 0.15) is 23.4 Å². The van der Waals surface area contributed by atoms with E-state index in [1.165, 1.54) is 21.3 Å². The topological polar surface area (TPSA) is 17.0 Å². The van der Waals surface area contributed by atoms with E-state index < -0.39 is 0 Å². The second-order valence-corrected chi connectivity index (χ2v) is 5.88. The van der Waals surface area contributed by atoms with Gasteiger partial charge in [-0.05, 0) is 30.0 Å². The van der Waals surface area contributed by atoms with E-state index in [2.05, 4.69) is 71.8 Å². The SMILES string of the molecule is C[C@H](NCc1cn(C)c2ccccc12)c1cccs1. The van der Waals surface area contributed by atoms with E-state index in [-0.39, 0.29) is 0 Å². The van der Waals surface area contributed by atoms with E-state index in [1.807, 2.05) is 11.3 Å². The van der Waals surface area contributed by atoms with Crippen LogP contribution >= 0.6 is 11.3 Å². The van der Waals surface area contributed by atoms with E-state index in [4.69, 9.17) is 0 Å². The molecule has 3 rings (SSSR count). The van der Waals surface area contributed by atoms with Crippen molar-refractivity contribution >= 4 is 22.2 Å². The highest BCUT2D eigenvalue weighted by molar-refractivity contribution is 7.10. The first-order valence-electron chi connectivity index (χ1n) is 6.55. The summed E-state index contributed by atoms with van der Waals surface area (Å²) >= 11 is 1.81. The highest BCUT2D eigenvalue weighted by atomic mass is 32.1. The zero-order chi connectivity index (χ0) is 13.2. The second-order valence-electron chi connectivity index (χ2n) is 4.90. The van der Waals surface area contributed by atoms with E-state index in [1.54, 1.807) is 0 Å². The maximum Gasteiger partial charge on any atom is 0.0481 e. The molecule has 1 atom stereocenters. The molecule has 1 N–H and O–H groups in total. The number of nitrogens with zero attached hydrogens (tertiary/aromatic N) is 1. The largest absolute Gasteiger partial charge is 0.350 e. The maximum absolute atomic E-state index is 3.60. The number of benzene rings is 1. The monoisotopic (exact) mass is 270 g/mol. The Kier molecular flexibility index (Phi) is 3.40. The van der Waals surface area contributed by atoms with Gasteiger partial charge in [0, 0.05) is 41.6 Å². The fourth-order valence-electron chi connectivity index (χ4n) is 2.47. The normalized spacial score (nSPS) is 12.9. The summed E-state index contributed by atoms with van der Waals surface area (Å²) < 4.78 is 2.20. The standard InChI is InChI=1S/C16H18N2S/c1-12(16-8-5-9-19-16)17-10-13-11-18(2)15-7-4-3-6-14(13)15/h3-9,11-12,17H,10H2,1-2H3/t12-/m0/s1. The zero-order valence-electron chi connectivity index (χ0n) is 11.3. The van der Waals surface area contributed by atoms with Crippen molar-refractivity contribution in [3.05, 3.63) is 58.4 Å². The van der Waals surface area contributed by atoms with Crippen molar-refractivity contribution in [2.45, 2.75) is 19.5 Å². The van der Waals surface area contributed by atoms with Crippen LogP contribution in [0.5, 0.6) is 0 Å². The van der Waals surface area contributed by atoms with E-state index in [0.29, 0.717) is 6.04 Å². The summed E-state index contributed by atoms with van der Waals surface area (Å²) in [6, 6.07) is 13.3. The summed E-state index contributed by atoms with van der Waals surface area (Å²) in [6.45, 7) is 3.12. The van der Waals surface area contributed by atoms with Gasteiger partial charge in [-0.2, -0.15) is 0 Å². The van der Waals surface area contributed by atoms with Crippen LogP contribution in [0.3, 0.4) is 0 Å². The molecule has 1 aromatic carbocycles. The molecular formula is C16H18N2S. The van der Waals surface area contributed by atoms with Crippen LogP contribution in [0.4, 0.5) is 0 Å². The molecule has 0 saturated heterocycles. The molecular weight excluding hydrogens is 252 g/mol. The number of rotatable bonds is 4. The molecule has 0 radical (unpaired) electrons. The van der Waals surface area contributed by atoms with E-state index >= 15 is 0 Å². The van der Waals surface area contributed by atoms with Gasteiger partial charge in [0.1, 0.15) is 0 Å². The Bertz CT molecular complexity index is 667. The van der Waals surface area contributed by atoms with Crippen LogP contribution in [-0.2, 0) is 13.6 Å². The van der Waals surface area contributed by atoms with Gasteiger partial charge in [-0.3, -0.25) is 0 Å².